The largest absolute Gasteiger partial charge is 0.379 e. The highest BCUT2D eigenvalue weighted by Crippen LogP contribution is 2.17. The fraction of sp³-hybridized carbons (Fsp3) is 0.923. The van der Waals surface area contributed by atoms with Crippen molar-refractivity contribution in [1.82, 2.24) is 0 Å². The zero-order chi connectivity index (χ0) is 10.6. The predicted octanol–water partition coefficient (Wildman–Crippen LogP) is 4.57. The van der Waals surface area contributed by atoms with Gasteiger partial charge in [0.05, 0.1) is 7.11 Å². The van der Waals surface area contributed by atoms with E-state index in [9.17, 15) is 0 Å². The molecule has 0 aliphatic rings. The van der Waals surface area contributed by atoms with Crippen LogP contribution in [0.4, 0.5) is 0 Å². The Balaban J connectivity index is 3.40. The van der Waals surface area contributed by atoms with Gasteiger partial charge in [-0.1, -0.05) is 52.4 Å². The Morgan fingerprint density at radius 3 is 2.14 bits per heavy atom. The lowest BCUT2D eigenvalue weighted by Crippen LogP contribution is -2.07. The Labute approximate surface area is 90.2 Å². The van der Waals surface area contributed by atoms with Gasteiger partial charge in [-0.05, 0) is 18.8 Å². The number of unbranched alkanes of at least 4 members (excludes halogenated alkanes) is 4. The summed E-state index contributed by atoms with van der Waals surface area (Å²) >= 11 is 0. The molecule has 0 aromatic rings. The minimum atomic E-state index is 0.754. The maximum atomic E-state index is 5.01. The van der Waals surface area contributed by atoms with E-state index in [2.05, 4.69) is 21.0 Å². The third-order valence-electron chi connectivity index (χ3n) is 2.79. The summed E-state index contributed by atoms with van der Waals surface area (Å²) in [6.07, 6.45) is 10.7. The van der Waals surface area contributed by atoms with E-state index in [0.29, 0.717) is 0 Å². The average Bonchev–Trinajstić information content (AvgIpc) is 2.20. The molecule has 1 nitrogen and oxygen atoms in total. The second-order valence-electron chi connectivity index (χ2n) is 4.23. The van der Waals surface area contributed by atoms with Crippen molar-refractivity contribution in [2.75, 3.05) is 6.61 Å². The molecule has 0 fully saturated rings. The molecule has 0 amide bonds. The molecule has 0 aliphatic heterocycles. The van der Waals surface area contributed by atoms with Crippen LogP contribution >= 0.6 is 0 Å². The molecule has 0 N–H and O–H groups in total. The van der Waals surface area contributed by atoms with Crippen LogP contribution in [-0.2, 0) is 4.74 Å². The van der Waals surface area contributed by atoms with Crippen LogP contribution in [0.3, 0.4) is 0 Å². The van der Waals surface area contributed by atoms with E-state index in [4.69, 9.17) is 4.74 Å². The van der Waals surface area contributed by atoms with E-state index in [-0.39, 0.29) is 0 Å². The second kappa shape index (κ2) is 11.0. The summed E-state index contributed by atoms with van der Waals surface area (Å²) in [6, 6.07) is 0. The maximum Gasteiger partial charge on any atom is 0.0700 e. The van der Waals surface area contributed by atoms with Gasteiger partial charge in [0.15, 0.2) is 0 Å². The molecular formula is C13H27O. The van der Waals surface area contributed by atoms with Crippen LogP contribution in [0.2, 0.25) is 0 Å². The lowest BCUT2D eigenvalue weighted by molar-refractivity contribution is 0.172. The van der Waals surface area contributed by atoms with Crippen LogP contribution in [0.1, 0.15) is 65.2 Å². The monoisotopic (exact) mass is 199 g/mol. The summed E-state index contributed by atoms with van der Waals surface area (Å²) in [4.78, 5) is 0. The standard InChI is InChI=1S/C13H27O/c1-4-6-8-9-11-13(12-14-3)10-7-5-2/h13H,3-12H2,1-2H3. The van der Waals surface area contributed by atoms with Gasteiger partial charge in [0.2, 0.25) is 0 Å². The third kappa shape index (κ3) is 8.55. The lowest BCUT2D eigenvalue weighted by Gasteiger charge is -2.15. The summed E-state index contributed by atoms with van der Waals surface area (Å²) in [5.41, 5.74) is 0. The summed E-state index contributed by atoms with van der Waals surface area (Å²) in [5.74, 6) is 0.754. The van der Waals surface area contributed by atoms with Gasteiger partial charge >= 0.3 is 0 Å². The zero-order valence-corrected chi connectivity index (χ0v) is 10.1. The normalized spacial score (nSPS) is 13.1. The molecule has 0 saturated heterocycles. The molecular weight excluding hydrogens is 172 g/mol. The SMILES string of the molecule is [CH2]OCC(CCCC)CCCCCC. The van der Waals surface area contributed by atoms with E-state index >= 15 is 0 Å². The highest BCUT2D eigenvalue weighted by Gasteiger charge is 2.07. The number of ether oxygens (including phenoxy) is 1. The van der Waals surface area contributed by atoms with Crippen LogP contribution in [0.5, 0.6) is 0 Å². The smallest absolute Gasteiger partial charge is 0.0700 e. The third-order valence-corrected chi connectivity index (χ3v) is 2.79. The first-order valence-electron chi connectivity index (χ1n) is 6.22. The highest BCUT2D eigenvalue weighted by molar-refractivity contribution is 4.59. The van der Waals surface area contributed by atoms with E-state index in [1.54, 1.807) is 0 Å². The van der Waals surface area contributed by atoms with Gasteiger partial charge < -0.3 is 4.74 Å². The quantitative estimate of drug-likeness (QED) is 0.468. The Morgan fingerprint density at radius 2 is 1.57 bits per heavy atom. The topological polar surface area (TPSA) is 9.23 Å². The first-order chi connectivity index (χ1) is 6.85. The molecule has 1 unspecified atom stereocenters. The Kier molecular flexibility index (Phi) is 11.0. The molecule has 1 heteroatoms. The molecule has 0 saturated carbocycles. The molecule has 85 valence electrons. The van der Waals surface area contributed by atoms with Gasteiger partial charge in [-0.2, -0.15) is 0 Å². The van der Waals surface area contributed by atoms with Crippen molar-refractivity contribution in [3.8, 4) is 0 Å². The van der Waals surface area contributed by atoms with Crippen LogP contribution in [0.15, 0.2) is 0 Å². The molecule has 0 spiro atoms. The molecule has 0 aromatic heterocycles. The maximum absolute atomic E-state index is 5.01. The summed E-state index contributed by atoms with van der Waals surface area (Å²) in [6.45, 7) is 5.36. The Hall–Kier alpha value is -0.0400. The molecule has 14 heavy (non-hydrogen) atoms. The fourth-order valence-electron chi connectivity index (χ4n) is 1.83. The van der Waals surface area contributed by atoms with Crippen LogP contribution in [0, 0.1) is 13.0 Å². The lowest BCUT2D eigenvalue weighted by atomic mass is 9.96. The van der Waals surface area contributed by atoms with Gasteiger partial charge in [0.1, 0.15) is 0 Å². The number of hydrogen-bond donors (Lipinski definition) is 0. The molecule has 0 rings (SSSR count). The van der Waals surface area contributed by atoms with Gasteiger partial charge in [-0.25, -0.2) is 0 Å². The molecule has 1 atom stereocenters. The summed E-state index contributed by atoms with van der Waals surface area (Å²) in [5, 5.41) is 0. The van der Waals surface area contributed by atoms with E-state index in [0.717, 1.165) is 12.5 Å². The van der Waals surface area contributed by atoms with Crippen LogP contribution in [0.25, 0.3) is 0 Å². The van der Waals surface area contributed by atoms with Crippen molar-refractivity contribution in [2.24, 2.45) is 5.92 Å². The van der Waals surface area contributed by atoms with Gasteiger partial charge in [0.25, 0.3) is 0 Å². The minimum absolute atomic E-state index is 0.754. The van der Waals surface area contributed by atoms with Gasteiger partial charge in [0, 0.05) is 6.61 Å². The fourth-order valence-corrected chi connectivity index (χ4v) is 1.83. The summed E-state index contributed by atoms with van der Waals surface area (Å²) in [7, 11) is 3.48. The van der Waals surface area contributed by atoms with E-state index in [1.807, 2.05) is 0 Å². The minimum Gasteiger partial charge on any atom is -0.379 e. The highest BCUT2D eigenvalue weighted by atomic mass is 16.5. The van der Waals surface area contributed by atoms with Crippen LogP contribution in [-0.4, -0.2) is 6.61 Å². The van der Waals surface area contributed by atoms with Crippen molar-refractivity contribution in [3.05, 3.63) is 7.11 Å². The second-order valence-corrected chi connectivity index (χ2v) is 4.23. The molecule has 1 radical (unpaired) electrons. The van der Waals surface area contributed by atoms with Crippen molar-refractivity contribution in [2.45, 2.75) is 65.2 Å². The van der Waals surface area contributed by atoms with Crippen molar-refractivity contribution in [1.29, 1.82) is 0 Å². The molecule has 0 heterocycles. The number of rotatable bonds is 10. The van der Waals surface area contributed by atoms with Crippen molar-refractivity contribution in [3.63, 3.8) is 0 Å². The van der Waals surface area contributed by atoms with Crippen LogP contribution < -0.4 is 0 Å². The van der Waals surface area contributed by atoms with Gasteiger partial charge in [-0.3, -0.25) is 0 Å². The molecule has 0 aromatic carbocycles. The first-order valence-corrected chi connectivity index (χ1v) is 6.22. The van der Waals surface area contributed by atoms with E-state index in [1.165, 1.54) is 51.4 Å². The van der Waals surface area contributed by atoms with Crippen molar-refractivity contribution >= 4 is 0 Å². The van der Waals surface area contributed by atoms with Crippen molar-refractivity contribution < 1.29 is 4.74 Å². The average molecular weight is 199 g/mol. The predicted molar refractivity (Wildman–Crippen MR) is 63.1 cm³/mol. The summed E-state index contributed by atoms with van der Waals surface area (Å²) < 4.78 is 5.01. The van der Waals surface area contributed by atoms with Gasteiger partial charge in [-0.15, -0.1) is 0 Å². The zero-order valence-electron chi connectivity index (χ0n) is 10.1. The molecule has 0 aliphatic carbocycles. The Bertz CT molecular complexity index is 101. The van der Waals surface area contributed by atoms with E-state index < -0.39 is 0 Å². The number of hydrogen-bond acceptors (Lipinski definition) is 1. The molecule has 0 bridgehead atoms. The first kappa shape index (κ1) is 14.0. The Morgan fingerprint density at radius 1 is 0.929 bits per heavy atom.